The van der Waals surface area contributed by atoms with Crippen molar-refractivity contribution in [3.8, 4) is 16.9 Å². The number of phenols is 1. The van der Waals surface area contributed by atoms with Crippen LogP contribution in [0.4, 0.5) is 13.2 Å². The van der Waals surface area contributed by atoms with E-state index in [1.165, 1.54) is 24.3 Å². The van der Waals surface area contributed by atoms with Crippen LogP contribution in [-0.2, 0) is 19.3 Å². The van der Waals surface area contributed by atoms with Crippen molar-refractivity contribution in [1.29, 1.82) is 0 Å². The molecule has 7 heteroatoms. The van der Waals surface area contributed by atoms with Crippen molar-refractivity contribution in [3.05, 3.63) is 99.9 Å². The SMILES string of the molecule is CC[NH+](Cc1ccccc1)Cc1c(O)ccc2c(=O)c(-c3ccccc3)c(C(F)(F)F)oc12. The average Bonchev–Trinajstić information content (AvgIpc) is 2.80. The van der Waals surface area contributed by atoms with E-state index in [2.05, 4.69) is 0 Å². The number of fused-ring (bicyclic) bond motifs is 1. The molecule has 0 spiro atoms. The van der Waals surface area contributed by atoms with Gasteiger partial charge in [-0.15, -0.1) is 0 Å². The van der Waals surface area contributed by atoms with E-state index in [9.17, 15) is 23.1 Å². The summed E-state index contributed by atoms with van der Waals surface area (Å²) in [4.78, 5) is 14.3. The van der Waals surface area contributed by atoms with Crippen LogP contribution in [0, 0.1) is 0 Å². The van der Waals surface area contributed by atoms with Gasteiger partial charge in [0.15, 0.2) is 5.58 Å². The number of quaternary nitrogens is 1. The molecule has 0 saturated heterocycles. The van der Waals surface area contributed by atoms with E-state index >= 15 is 0 Å². The molecular formula is C26H23F3NO3+. The summed E-state index contributed by atoms with van der Waals surface area (Å²) in [6.07, 6.45) is -4.89. The van der Waals surface area contributed by atoms with Gasteiger partial charge in [0.1, 0.15) is 18.8 Å². The first-order valence-corrected chi connectivity index (χ1v) is 10.6. The first kappa shape index (κ1) is 22.6. The number of rotatable bonds is 6. The van der Waals surface area contributed by atoms with Gasteiger partial charge in [0.2, 0.25) is 11.2 Å². The van der Waals surface area contributed by atoms with Crippen molar-refractivity contribution in [1.82, 2.24) is 0 Å². The summed E-state index contributed by atoms with van der Waals surface area (Å²) in [5, 5.41) is 10.5. The quantitative estimate of drug-likeness (QED) is 0.441. The summed E-state index contributed by atoms with van der Waals surface area (Å²) in [6.45, 7) is 3.40. The highest BCUT2D eigenvalue weighted by atomic mass is 19.4. The zero-order chi connectivity index (χ0) is 23.6. The normalized spacial score (nSPS) is 12.7. The molecule has 1 atom stereocenters. The molecule has 4 rings (SSSR count). The Morgan fingerprint density at radius 2 is 1.55 bits per heavy atom. The number of hydrogen-bond donors (Lipinski definition) is 2. The molecule has 0 saturated carbocycles. The predicted molar refractivity (Wildman–Crippen MR) is 120 cm³/mol. The fraction of sp³-hybridized carbons (Fsp3) is 0.192. The molecule has 0 aliphatic heterocycles. The van der Waals surface area contributed by atoms with E-state index in [-0.39, 0.29) is 34.4 Å². The average molecular weight is 454 g/mol. The van der Waals surface area contributed by atoms with E-state index in [0.717, 1.165) is 10.5 Å². The molecule has 0 radical (unpaired) electrons. The molecule has 0 aliphatic rings. The maximum Gasteiger partial charge on any atom is 0.450 e. The van der Waals surface area contributed by atoms with Gasteiger partial charge in [-0.05, 0) is 24.6 Å². The molecule has 3 aromatic carbocycles. The van der Waals surface area contributed by atoms with E-state index < -0.39 is 22.9 Å². The number of halogens is 3. The lowest BCUT2D eigenvalue weighted by atomic mass is 10.00. The third kappa shape index (κ3) is 4.64. The molecule has 0 bridgehead atoms. The Morgan fingerprint density at radius 1 is 0.909 bits per heavy atom. The van der Waals surface area contributed by atoms with Crippen molar-refractivity contribution < 1.29 is 27.6 Å². The fourth-order valence-corrected chi connectivity index (χ4v) is 3.99. The van der Waals surface area contributed by atoms with Crippen LogP contribution in [0.5, 0.6) is 5.75 Å². The second-order valence-electron chi connectivity index (χ2n) is 7.88. The first-order valence-electron chi connectivity index (χ1n) is 10.6. The smallest absolute Gasteiger partial charge is 0.450 e. The Labute approximate surface area is 188 Å². The van der Waals surface area contributed by atoms with Gasteiger partial charge in [0.25, 0.3) is 0 Å². The molecule has 4 nitrogen and oxygen atoms in total. The summed E-state index contributed by atoms with van der Waals surface area (Å²) in [5.74, 6) is -1.57. The fourth-order valence-electron chi connectivity index (χ4n) is 3.99. The van der Waals surface area contributed by atoms with Crippen molar-refractivity contribution in [3.63, 3.8) is 0 Å². The van der Waals surface area contributed by atoms with Gasteiger partial charge >= 0.3 is 6.18 Å². The number of benzene rings is 3. The number of hydrogen-bond acceptors (Lipinski definition) is 3. The molecule has 1 unspecified atom stereocenters. The predicted octanol–water partition coefficient (Wildman–Crippen LogP) is 4.79. The van der Waals surface area contributed by atoms with Crippen molar-refractivity contribution in [2.75, 3.05) is 6.54 Å². The molecule has 1 heterocycles. The van der Waals surface area contributed by atoms with Crippen LogP contribution >= 0.6 is 0 Å². The Hall–Kier alpha value is -3.58. The van der Waals surface area contributed by atoms with Crippen molar-refractivity contribution in [2.24, 2.45) is 0 Å². The Kier molecular flexibility index (Phi) is 6.24. The van der Waals surface area contributed by atoms with Crippen molar-refractivity contribution >= 4 is 11.0 Å². The number of nitrogens with one attached hydrogen (secondary N) is 1. The third-order valence-electron chi connectivity index (χ3n) is 5.68. The Bertz CT molecular complexity index is 1320. The standard InChI is InChI=1S/C26H22F3NO3/c1-2-30(15-17-9-5-3-6-10-17)16-20-21(31)14-13-19-23(32)22(18-11-7-4-8-12-18)25(26(27,28)29)33-24(19)20/h3-14,31H,2,15-16H2,1H3/p+1. The van der Waals surface area contributed by atoms with Crippen LogP contribution in [0.25, 0.3) is 22.1 Å². The van der Waals surface area contributed by atoms with Gasteiger partial charge in [-0.2, -0.15) is 13.2 Å². The van der Waals surface area contributed by atoms with Gasteiger partial charge in [0, 0.05) is 5.56 Å². The van der Waals surface area contributed by atoms with Crippen LogP contribution < -0.4 is 10.3 Å². The van der Waals surface area contributed by atoms with Gasteiger partial charge in [0.05, 0.1) is 23.1 Å². The van der Waals surface area contributed by atoms with E-state index in [0.29, 0.717) is 13.1 Å². The van der Waals surface area contributed by atoms with Gasteiger partial charge in [-0.1, -0.05) is 60.7 Å². The lowest BCUT2D eigenvalue weighted by molar-refractivity contribution is -0.925. The second-order valence-corrected chi connectivity index (χ2v) is 7.88. The van der Waals surface area contributed by atoms with Crippen LogP contribution in [-0.4, -0.2) is 11.7 Å². The van der Waals surface area contributed by atoms with Crippen LogP contribution in [0.2, 0.25) is 0 Å². The maximum absolute atomic E-state index is 14.0. The monoisotopic (exact) mass is 454 g/mol. The first-order chi connectivity index (χ1) is 15.8. The molecule has 0 amide bonds. The summed E-state index contributed by atoms with van der Waals surface area (Å²) in [7, 11) is 0. The molecule has 1 aromatic heterocycles. The minimum Gasteiger partial charge on any atom is -0.507 e. The summed E-state index contributed by atoms with van der Waals surface area (Å²) >= 11 is 0. The van der Waals surface area contributed by atoms with E-state index in [1.807, 2.05) is 37.3 Å². The molecule has 4 aromatic rings. The molecule has 0 fully saturated rings. The number of aromatic hydroxyl groups is 1. The minimum absolute atomic E-state index is 0.00446. The zero-order valence-corrected chi connectivity index (χ0v) is 17.9. The lowest BCUT2D eigenvalue weighted by Gasteiger charge is -2.20. The number of phenolic OH excluding ortho intramolecular Hbond substituents is 1. The maximum atomic E-state index is 14.0. The molecule has 0 aliphatic carbocycles. The summed E-state index contributed by atoms with van der Waals surface area (Å²) < 4.78 is 47.4. The van der Waals surface area contributed by atoms with Crippen molar-refractivity contribution in [2.45, 2.75) is 26.2 Å². The van der Waals surface area contributed by atoms with E-state index in [4.69, 9.17) is 4.42 Å². The largest absolute Gasteiger partial charge is 0.507 e. The molecule has 170 valence electrons. The molecular weight excluding hydrogens is 431 g/mol. The third-order valence-corrected chi connectivity index (χ3v) is 5.68. The minimum atomic E-state index is -4.89. The highest BCUT2D eigenvalue weighted by Gasteiger charge is 2.40. The summed E-state index contributed by atoms with van der Waals surface area (Å²) in [5.41, 5.74) is -0.181. The number of alkyl halides is 3. The summed E-state index contributed by atoms with van der Waals surface area (Å²) in [6, 6.07) is 20.0. The van der Waals surface area contributed by atoms with E-state index in [1.54, 1.807) is 18.2 Å². The van der Waals surface area contributed by atoms with Gasteiger partial charge in [-0.25, -0.2) is 0 Å². The lowest BCUT2D eigenvalue weighted by Crippen LogP contribution is -3.09. The zero-order valence-electron chi connectivity index (χ0n) is 17.9. The highest BCUT2D eigenvalue weighted by Crippen LogP contribution is 2.38. The Balaban J connectivity index is 1.89. The second kappa shape index (κ2) is 9.11. The molecule has 2 N–H and O–H groups in total. The van der Waals surface area contributed by atoms with Crippen LogP contribution in [0.3, 0.4) is 0 Å². The van der Waals surface area contributed by atoms with Crippen LogP contribution in [0.15, 0.2) is 82.0 Å². The Morgan fingerprint density at radius 3 is 2.15 bits per heavy atom. The topological polar surface area (TPSA) is 54.9 Å². The van der Waals surface area contributed by atoms with Gasteiger partial charge < -0.3 is 14.4 Å². The molecule has 33 heavy (non-hydrogen) atoms. The highest BCUT2D eigenvalue weighted by molar-refractivity contribution is 5.86. The van der Waals surface area contributed by atoms with Crippen LogP contribution in [0.1, 0.15) is 23.8 Å². The van der Waals surface area contributed by atoms with Gasteiger partial charge in [-0.3, -0.25) is 4.79 Å².